The number of esters is 1. The summed E-state index contributed by atoms with van der Waals surface area (Å²) in [5.41, 5.74) is 3.21. The molecule has 2 aromatic carbocycles. The molecule has 0 N–H and O–H groups in total. The first-order chi connectivity index (χ1) is 15.4. The summed E-state index contributed by atoms with van der Waals surface area (Å²) in [6.45, 7) is 6.45. The zero-order valence-electron chi connectivity index (χ0n) is 18.8. The largest absolute Gasteiger partial charge is 0.489 e. The third-order valence-electron chi connectivity index (χ3n) is 5.27. The Morgan fingerprint density at radius 2 is 1.75 bits per heavy atom. The van der Waals surface area contributed by atoms with Crippen LogP contribution in [0.3, 0.4) is 0 Å². The van der Waals surface area contributed by atoms with Gasteiger partial charge in [0.15, 0.2) is 0 Å². The number of carbonyl (C=O) groups is 2. The standard InChI is InChI=1S/C25H28N2O5/c1-17(25(29)30-4)14-27(15-20-8-6-5-7-9-20)24(28)21-10-12-22(13-11-21)31-16-23-18(2)26-32-19(23)3/h5-13,17H,14-16H2,1-4H3. The van der Waals surface area contributed by atoms with Crippen LogP contribution < -0.4 is 4.74 Å². The quantitative estimate of drug-likeness (QED) is 0.465. The first-order valence-electron chi connectivity index (χ1n) is 10.4. The van der Waals surface area contributed by atoms with Crippen LogP contribution in [0.4, 0.5) is 0 Å². The van der Waals surface area contributed by atoms with Gasteiger partial charge in [0.25, 0.3) is 5.91 Å². The molecule has 0 saturated carbocycles. The van der Waals surface area contributed by atoms with E-state index < -0.39 is 5.92 Å². The minimum Gasteiger partial charge on any atom is -0.489 e. The Morgan fingerprint density at radius 3 is 2.34 bits per heavy atom. The molecule has 0 saturated heterocycles. The maximum absolute atomic E-state index is 13.3. The van der Waals surface area contributed by atoms with Crippen LogP contribution in [0.1, 0.15) is 39.9 Å². The maximum atomic E-state index is 13.3. The number of hydrogen-bond acceptors (Lipinski definition) is 6. The van der Waals surface area contributed by atoms with Crippen molar-refractivity contribution in [3.8, 4) is 5.75 Å². The Hall–Kier alpha value is -3.61. The van der Waals surface area contributed by atoms with E-state index in [-0.39, 0.29) is 18.4 Å². The van der Waals surface area contributed by atoms with Crippen molar-refractivity contribution >= 4 is 11.9 Å². The van der Waals surface area contributed by atoms with Gasteiger partial charge in [-0.05, 0) is 43.7 Å². The Labute approximate surface area is 187 Å². The smallest absolute Gasteiger partial charge is 0.310 e. The molecule has 7 heteroatoms. The van der Waals surface area contributed by atoms with Crippen LogP contribution in [0.5, 0.6) is 5.75 Å². The van der Waals surface area contributed by atoms with E-state index in [1.54, 1.807) is 36.1 Å². The number of amides is 1. The van der Waals surface area contributed by atoms with Crippen molar-refractivity contribution in [2.24, 2.45) is 5.92 Å². The highest BCUT2D eigenvalue weighted by molar-refractivity contribution is 5.94. The van der Waals surface area contributed by atoms with Crippen LogP contribution in [-0.4, -0.2) is 35.6 Å². The minimum absolute atomic E-state index is 0.165. The molecule has 0 fully saturated rings. The first kappa shape index (κ1) is 23.1. The summed E-state index contributed by atoms with van der Waals surface area (Å²) in [5, 5.41) is 3.92. The van der Waals surface area contributed by atoms with Gasteiger partial charge in [0.1, 0.15) is 18.1 Å². The van der Waals surface area contributed by atoms with E-state index in [4.69, 9.17) is 14.0 Å². The van der Waals surface area contributed by atoms with Crippen LogP contribution in [0.15, 0.2) is 59.1 Å². The summed E-state index contributed by atoms with van der Waals surface area (Å²) in [6, 6.07) is 16.7. The van der Waals surface area contributed by atoms with Gasteiger partial charge in [-0.2, -0.15) is 0 Å². The molecule has 1 heterocycles. The van der Waals surface area contributed by atoms with Gasteiger partial charge in [0.05, 0.1) is 24.3 Å². The lowest BCUT2D eigenvalue weighted by molar-refractivity contribution is -0.145. The first-order valence-corrected chi connectivity index (χ1v) is 10.4. The fourth-order valence-electron chi connectivity index (χ4n) is 3.37. The van der Waals surface area contributed by atoms with E-state index in [1.165, 1.54) is 7.11 Å². The Balaban J connectivity index is 1.72. The van der Waals surface area contributed by atoms with Crippen molar-refractivity contribution in [2.45, 2.75) is 33.9 Å². The number of benzene rings is 2. The van der Waals surface area contributed by atoms with Crippen LogP contribution in [0.2, 0.25) is 0 Å². The summed E-state index contributed by atoms with van der Waals surface area (Å²) in [7, 11) is 1.35. The zero-order valence-corrected chi connectivity index (χ0v) is 18.8. The SMILES string of the molecule is COC(=O)C(C)CN(Cc1ccccc1)C(=O)c1ccc(OCc2c(C)noc2C)cc1. The topological polar surface area (TPSA) is 81.9 Å². The van der Waals surface area contributed by atoms with Crippen molar-refractivity contribution in [1.82, 2.24) is 10.1 Å². The zero-order chi connectivity index (χ0) is 23.1. The number of aromatic nitrogens is 1. The summed E-state index contributed by atoms with van der Waals surface area (Å²) >= 11 is 0. The van der Waals surface area contributed by atoms with Crippen molar-refractivity contribution in [1.29, 1.82) is 0 Å². The molecular formula is C25H28N2O5. The highest BCUT2D eigenvalue weighted by Crippen LogP contribution is 2.20. The van der Waals surface area contributed by atoms with Crippen molar-refractivity contribution < 1.29 is 23.6 Å². The number of ether oxygens (including phenoxy) is 2. The van der Waals surface area contributed by atoms with Crippen LogP contribution in [-0.2, 0) is 22.7 Å². The Morgan fingerprint density at radius 1 is 1.06 bits per heavy atom. The third-order valence-corrected chi connectivity index (χ3v) is 5.27. The maximum Gasteiger partial charge on any atom is 0.310 e. The van der Waals surface area contributed by atoms with E-state index in [0.29, 0.717) is 24.5 Å². The molecule has 0 aliphatic heterocycles. The lowest BCUT2D eigenvalue weighted by Crippen LogP contribution is -2.36. The lowest BCUT2D eigenvalue weighted by Gasteiger charge is -2.25. The molecule has 1 unspecified atom stereocenters. The van der Waals surface area contributed by atoms with Gasteiger partial charge in [-0.3, -0.25) is 9.59 Å². The van der Waals surface area contributed by atoms with E-state index in [0.717, 1.165) is 22.6 Å². The molecule has 1 aromatic heterocycles. The van der Waals surface area contributed by atoms with E-state index in [2.05, 4.69) is 5.16 Å². The predicted octanol–water partition coefficient (Wildman–Crippen LogP) is 4.32. The lowest BCUT2D eigenvalue weighted by atomic mass is 10.1. The van der Waals surface area contributed by atoms with Crippen molar-refractivity contribution in [3.05, 3.63) is 82.7 Å². The van der Waals surface area contributed by atoms with E-state index >= 15 is 0 Å². The van der Waals surface area contributed by atoms with E-state index in [1.807, 2.05) is 44.2 Å². The molecule has 32 heavy (non-hydrogen) atoms. The summed E-state index contributed by atoms with van der Waals surface area (Å²) in [6.07, 6.45) is 0. The molecule has 3 rings (SSSR count). The molecule has 7 nitrogen and oxygen atoms in total. The molecule has 1 amide bonds. The second kappa shape index (κ2) is 10.6. The Bertz CT molecular complexity index is 1020. The molecule has 0 spiro atoms. The van der Waals surface area contributed by atoms with Gasteiger partial charge in [-0.15, -0.1) is 0 Å². The number of nitrogens with zero attached hydrogens (tertiary/aromatic N) is 2. The molecule has 0 bridgehead atoms. The van der Waals surface area contributed by atoms with E-state index in [9.17, 15) is 9.59 Å². The summed E-state index contributed by atoms with van der Waals surface area (Å²) in [5.74, 6) is 0.413. The van der Waals surface area contributed by atoms with Gasteiger partial charge < -0.3 is 18.9 Å². The predicted molar refractivity (Wildman–Crippen MR) is 119 cm³/mol. The monoisotopic (exact) mass is 436 g/mol. The molecule has 0 radical (unpaired) electrons. The van der Waals surface area contributed by atoms with Gasteiger partial charge in [0, 0.05) is 18.7 Å². The number of rotatable bonds is 9. The highest BCUT2D eigenvalue weighted by atomic mass is 16.5. The number of methoxy groups -OCH3 is 1. The van der Waals surface area contributed by atoms with Crippen molar-refractivity contribution in [2.75, 3.05) is 13.7 Å². The average Bonchev–Trinajstić information content (AvgIpc) is 3.14. The second-order valence-electron chi connectivity index (χ2n) is 7.71. The van der Waals surface area contributed by atoms with Gasteiger partial charge in [0.2, 0.25) is 0 Å². The molecule has 168 valence electrons. The fourth-order valence-corrected chi connectivity index (χ4v) is 3.37. The molecule has 0 aliphatic rings. The van der Waals surface area contributed by atoms with Gasteiger partial charge in [-0.1, -0.05) is 42.4 Å². The fraction of sp³-hybridized carbons (Fsp3) is 0.320. The summed E-state index contributed by atoms with van der Waals surface area (Å²) < 4.78 is 15.8. The third kappa shape index (κ3) is 5.75. The van der Waals surface area contributed by atoms with Crippen LogP contribution in [0, 0.1) is 19.8 Å². The highest BCUT2D eigenvalue weighted by Gasteiger charge is 2.23. The van der Waals surface area contributed by atoms with Gasteiger partial charge >= 0.3 is 5.97 Å². The number of carbonyl (C=O) groups excluding carboxylic acids is 2. The van der Waals surface area contributed by atoms with Crippen molar-refractivity contribution in [3.63, 3.8) is 0 Å². The van der Waals surface area contributed by atoms with Crippen LogP contribution in [0.25, 0.3) is 0 Å². The molecule has 1 atom stereocenters. The normalized spacial score (nSPS) is 11.6. The van der Waals surface area contributed by atoms with Gasteiger partial charge in [-0.25, -0.2) is 0 Å². The minimum atomic E-state index is -0.440. The van der Waals surface area contributed by atoms with Crippen LogP contribution >= 0.6 is 0 Å². The Kier molecular flexibility index (Phi) is 7.65. The molecule has 3 aromatic rings. The molecule has 0 aliphatic carbocycles. The molecular weight excluding hydrogens is 408 g/mol. The second-order valence-corrected chi connectivity index (χ2v) is 7.71. The number of hydrogen-bond donors (Lipinski definition) is 0. The summed E-state index contributed by atoms with van der Waals surface area (Å²) in [4.78, 5) is 26.8. The average molecular weight is 437 g/mol. The number of aryl methyl sites for hydroxylation is 2.